The molecule has 12 nitrogen and oxygen atoms in total. The van der Waals surface area contributed by atoms with Gasteiger partial charge in [0.25, 0.3) is 0 Å². The first-order chi connectivity index (χ1) is 11.7. The molecule has 0 spiro atoms. The van der Waals surface area contributed by atoms with Crippen molar-refractivity contribution in [3.63, 3.8) is 0 Å². The van der Waals surface area contributed by atoms with Gasteiger partial charge in [-0.25, -0.2) is 9.59 Å². The highest BCUT2D eigenvalue weighted by Gasteiger charge is 2.04. The van der Waals surface area contributed by atoms with E-state index in [-0.39, 0.29) is 78.2 Å². The third-order valence-corrected chi connectivity index (χ3v) is 3.28. The van der Waals surface area contributed by atoms with Crippen LogP contribution in [0.4, 0.5) is 0 Å². The van der Waals surface area contributed by atoms with E-state index in [0.29, 0.717) is 0 Å². The lowest BCUT2D eigenvalue weighted by Gasteiger charge is -2.17. The Kier molecular flexibility index (Phi) is 41.4. The lowest BCUT2D eigenvalue weighted by molar-refractivity contribution is -0.198. The standard InChI is InChI=1S/2C7H13O5P.4CH3.2H2O/c2*1-6(2)7(8)11-4-5-12-13(3,9)10;;;;;;/h2*1,4-5H2,2-3H3,(H,9,10);4*1H3;2*1H2/q;;4*+1;;/p-4. The molecule has 32 heavy (non-hydrogen) atoms. The van der Waals surface area contributed by atoms with Gasteiger partial charge in [-0.1, -0.05) is 13.2 Å². The Morgan fingerprint density at radius 1 is 0.688 bits per heavy atom. The van der Waals surface area contributed by atoms with Crippen molar-refractivity contribution in [2.24, 2.45) is 0 Å². The summed E-state index contributed by atoms with van der Waals surface area (Å²) >= 11 is 0. The molecular weight excluding hydrogens is 470 g/mol. The van der Waals surface area contributed by atoms with Crippen LogP contribution in [0.1, 0.15) is 13.8 Å². The summed E-state index contributed by atoms with van der Waals surface area (Å²) in [7, 11) is -7.43. The summed E-state index contributed by atoms with van der Waals surface area (Å²) in [5.74, 6) is -1.11. The smallest absolute Gasteiger partial charge is 0.333 e. The van der Waals surface area contributed by atoms with E-state index in [4.69, 9.17) is 0 Å². The topological polar surface area (TPSA) is 211 Å². The Morgan fingerprint density at radius 3 is 1.06 bits per heavy atom. The largest absolute Gasteiger partial charge is 0.870 e. The van der Waals surface area contributed by atoms with E-state index < -0.39 is 27.1 Å². The zero-order valence-corrected chi connectivity index (χ0v) is 21.9. The Bertz CT molecular complexity index is 541. The van der Waals surface area contributed by atoms with Gasteiger partial charge in [0.05, 0.1) is 13.2 Å². The highest BCUT2D eigenvalue weighted by Crippen LogP contribution is 2.30. The summed E-state index contributed by atoms with van der Waals surface area (Å²) in [6.45, 7) is 11.1. The third kappa shape index (κ3) is 42.3. The number of carbonyl (C=O) groups is 2. The van der Waals surface area contributed by atoms with Crippen LogP contribution in [0.25, 0.3) is 0 Å². The predicted octanol–water partition coefficient (Wildman–Crippen LogP) is 2.06. The molecule has 0 aromatic rings. The van der Waals surface area contributed by atoms with Crippen LogP contribution in [-0.4, -0.2) is 62.6 Å². The first-order valence-electron chi connectivity index (χ1n) is 7.17. The van der Waals surface area contributed by atoms with E-state index in [2.05, 4.69) is 31.7 Å². The Balaban J connectivity index is -0.0000000505. The van der Waals surface area contributed by atoms with Crippen LogP contribution in [0.5, 0.6) is 0 Å². The maximum atomic E-state index is 10.7. The minimum atomic E-state index is -3.71. The normalized spacial score (nSPS) is 11.9. The van der Waals surface area contributed by atoms with E-state index in [1.165, 1.54) is 13.8 Å². The van der Waals surface area contributed by atoms with Gasteiger partial charge in [0, 0.05) is 54.2 Å². The molecule has 2 atom stereocenters. The summed E-state index contributed by atoms with van der Waals surface area (Å²) in [4.78, 5) is 42.4. The first-order valence-corrected chi connectivity index (χ1v) is 11.1. The van der Waals surface area contributed by atoms with Crippen molar-refractivity contribution in [1.29, 1.82) is 0 Å². The van der Waals surface area contributed by atoms with Crippen LogP contribution < -0.4 is 9.79 Å². The summed E-state index contributed by atoms with van der Waals surface area (Å²) in [6, 6.07) is 0. The van der Waals surface area contributed by atoms with Gasteiger partial charge in [-0.3, -0.25) is 0 Å². The number of carbonyl (C=O) groups excluding carboxylic acids is 2. The molecule has 0 saturated carbocycles. The van der Waals surface area contributed by atoms with Crippen molar-refractivity contribution in [1.82, 2.24) is 0 Å². The number of rotatable bonds is 10. The minimum absolute atomic E-state index is 0. The molecule has 0 rings (SSSR count). The van der Waals surface area contributed by atoms with E-state index in [0.717, 1.165) is 13.3 Å². The van der Waals surface area contributed by atoms with E-state index >= 15 is 0 Å². The molecule has 2 N–H and O–H groups in total. The van der Waals surface area contributed by atoms with Gasteiger partial charge in [0.2, 0.25) is 0 Å². The quantitative estimate of drug-likeness (QED) is 0.136. The Hall–Kier alpha value is -1.88. The molecule has 0 amide bonds. The van der Waals surface area contributed by atoms with Crippen LogP contribution >= 0.6 is 15.2 Å². The highest BCUT2D eigenvalue weighted by atomic mass is 31.2. The van der Waals surface area contributed by atoms with Gasteiger partial charge < -0.3 is 48.4 Å². The molecule has 0 saturated heterocycles. The molecule has 0 fully saturated rings. The SMILES string of the molecule is C=C(C)C(=O)OCCOP(C)(=O)[O-].C=C(C)C(=O)OCCOP(C)(=O)[O-].[CH3+].[CH3+].[CH3+].[CH3+].[OH-].[OH-]. The van der Waals surface area contributed by atoms with Gasteiger partial charge in [-0.2, -0.15) is 0 Å². The summed E-state index contributed by atoms with van der Waals surface area (Å²) < 4.78 is 38.8. The van der Waals surface area contributed by atoms with Crippen molar-refractivity contribution < 1.29 is 58.0 Å². The molecule has 0 aliphatic carbocycles. The molecule has 0 bridgehead atoms. The number of hydrogen-bond donors (Lipinski definition) is 0. The monoisotopic (exact) mass is 508 g/mol. The molecule has 192 valence electrons. The molecule has 0 heterocycles. The van der Waals surface area contributed by atoms with Gasteiger partial charge >= 0.3 is 11.9 Å². The lowest BCUT2D eigenvalue weighted by atomic mass is 10.4. The number of hydrogen-bond acceptors (Lipinski definition) is 12. The zero-order chi connectivity index (χ0) is 21.0. The average molecular weight is 508 g/mol. The van der Waals surface area contributed by atoms with Crippen LogP contribution in [-0.2, 0) is 37.2 Å². The van der Waals surface area contributed by atoms with E-state index in [9.17, 15) is 28.5 Å². The second-order valence-electron chi connectivity index (χ2n) is 5.04. The molecule has 0 aromatic carbocycles. The fraction of sp³-hybridized carbons (Fsp3) is 0.444. The minimum Gasteiger partial charge on any atom is -0.870 e. The second-order valence-corrected chi connectivity index (χ2v) is 8.64. The fourth-order valence-corrected chi connectivity index (χ4v) is 1.73. The zero-order valence-electron chi connectivity index (χ0n) is 20.1. The first kappa shape index (κ1) is 52.2. The van der Waals surface area contributed by atoms with E-state index in [1.807, 2.05) is 0 Å². The van der Waals surface area contributed by atoms with Crippen LogP contribution in [0.2, 0.25) is 0 Å². The fourth-order valence-electron chi connectivity index (χ4n) is 0.921. The van der Waals surface area contributed by atoms with Gasteiger partial charge in [-0.15, -0.1) is 0 Å². The molecule has 0 aromatic heterocycles. The Labute approximate surface area is 193 Å². The number of ether oxygens (including phenoxy) is 2. The van der Waals surface area contributed by atoms with Crippen LogP contribution in [0.15, 0.2) is 24.3 Å². The predicted molar refractivity (Wildman–Crippen MR) is 120 cm³/mol. The van der Waals surface area contributed by atoms with Gasteiger partial charge in [0.15, 0.2) is 0 Å². The molecule has 0 aliphatic rings. The van der Waals surface area contributed by atoms with Gasteiger partial charge in [0.1, 0.15) is 28.4 Å². The molecule has 2 unspecified atom stereocenters. The summed E-state index contributed by atoms with van der Waals surface area (Å²) in [5, 5.41) is 0. The van der Waals surface area contributed by atoms with Crippen molar-refractivity contribution in [3.05, 3.63) is 54.0 Å². The summed E-state index contributed by atoms with van der Waals surface area (Å²) in [6.07, 6.45) is 0. The van der Waals surface area contributed by atoms with Crippen molar-refractivity contribution in [2.75, 3.05) is 39.8 Å². The van der Waals surface area contributed by atoms with E-state index in [1.54, 1.807) is 0 Å². The lowest BCUT2D eigenvalue weighted by Crippen LogP contribution is -2.12. The van der Waals surface area contributed by atoms with Crippen molar-refractivity contribution >= 4 is 27.1 Å². The van der Waals surface area contributed by atoms with Crippen LogP contribution in [0, 0.1) is 29.7 Å². The maximum absolute atomic E-state index is 10.7. The summed E-state index contributed by atoms with van der Waals surface area (Å²) in [5.41, 5.74) is 0.531. The molecule has 0 aliphatic heterocycles. The maximum Gasteiger partial charge on any atom is 0.333 e. The molecule has 14 heteroatoms. The average Bonchev–Trinajstić information content (AvgIpc) is 2.46. The molecule has 0 radical (unpaired) electrons. The Morgan fingerprint density at radius 2 is 0.906 bits per heavy atom. The highest BCUT2D eigenvalue weighted by molar-refractivity contribution is 7.50. The van der Waals surface area contributed by atoms with Gasteiger partial charge in [-0.05, 0) is 13.8 Å². The van der Waals surface area contributed by atoms with Crippen LogP contribution in [0.3, 0.4) is 0 Å². The second kappa shape index (κ2) is 25.4. The van der Waals surface area contributed by atoms with Crippen molar-refractivity contribution in [3.8, 4) is 0 Å². The van der Waals surface area contributed by atoms with Crippen molar-refractivity contribution in [2.45, 2.75) is 13.8 Å². The number of esters is 2. The third-order valence-electron chi connectivity index (χ3n) is 1.98. The molecular formula is C18H38O12P2.